The summed E-state index contributed by atoms with van der Waals surface area (Å²) in [6.45, 7) is 0.649. The lowest BCUT2D eigenvalue weighted by atomic mass is 10.0. The molecule has 5 nitrogen and oxygen atoms in total. The molecule has 25 heavy (non-hydrogen) atoms. The van der Waals surface area contributed by atoms with Crippen molar-refractivity contribution in [3.05, 3.63) is 54.1 Å². The van der Waals surface area contributed by atoms with Crippen molar-refractivity contribution in [2.45, 2.75) is 19.3 Å². The quantitative estimate of drug-likeness (QED) is 0.873. The Labute approximate surface area is 146 Å². The number of para-hydroxylation sites is 1. The van der Waals surface area contributed by atoms with Gasteiger partial charge in [-0.25, -0.2) is 0 Å². The van der Waals surface area contributed by atoms with Gasteiger partial charge in [-0.2, -0.15) is 0 Å². The molecule has 0 radical (unpaired) electrons. The second-order valence-electron chi connectivity index (χ2n) is 6.60. The Kier molecular flexibility index (Phi) is 3.71. The summed E-state index contributed by atoms with van der Waals surface area (Å²) in [5, 5.41) is 2.88. The second kappa shape index (κ2) is 5.92. The van der Waals surface area contributed by atoms with Crippen molar-refractivity contribution < 1.29 is 14.3 Å². The van der Waals surface area contributed by atoms with Gasteiger partial charge in [0, 0.05) is 17.9 Å². The molecule has 0 bridgehead atoms. The Hall–Kier alpha value is -2.82. The average molecular weight is 336 g/mol. The minimum Gasteiger partial charge on any atom is -0.497 e. The van der Waals surface area contributed by atoms with Gasteiger partial charge in [-0.1, -0.05) is 18.2 Å². The number of ether oxygens (including phenoxy) is 1. The van der Waals surface area contributed by atoms with Gasteiger partial charge in [0.25, 0.3) is 0 Å². The van der Waals surface area contributed by atoms with E-state index in [1.54, 1.807) is 36.3 Å². The third-order valence-electron chi connectivity index (χ3n) is 5.07. The molecule has 5 heteroatoms. The molecule has 0 atom stereocenters. The molecular weight excluding hydrogens is 316 g/mol. The molecule has 0 saturated heterocycles. The lowest BCUT2D eigenvalue weighted by Crippen LogP contribution is -2.42. The molecule has 2 aliphatic rings. The first-order valence-electron chi connectivity index (χ1n) is 8.49. The van der Waals surface area contributed by atoms with Crippen molar-refractivity contribution in [3.8, 4) is 5.75 Å². The molecule has 1 saturated carbocycles. The molecule has 2 aromatic rings. The highest BCUT2D eigenvalue weighted by Gasteiger charge is 2.58. The van der Waals surface area contributed by atoms with Gasteiger partial charge in [0.05, 0.1) is 7.11 Å². The van der Waals surface area contributed by atoms with Crippen LogP contribution in [-0.4, -0.2) is 25.5 Å². The molecule has 0 unspecified atom stereocenters. The van der Waals surface area contributed by atoms with Crippen LogP contribution in [0.2, 0.25) is 0 Å². The molecule has 0 spiro atoms. The fraction of sp³-hybridized carbons (Fsp3) is 0.300. The lowest BCUT2D eigenvalue weighted by Gasteiger charge is -2.23. The summed E-state index contributed by atoms with van der Waals surface area (Å²) in [5.74, 6) is 0.430. The normalized spacial score (nSPS) is 16.9. The van der Waals surface area contributed by atoms with Crippen molar-refractivity contribution in [3.63, 3.8) is 0 Å². The molecule has 2 amide bonds. The van der Waals surface area contributed by atoms with E-state index in [9.17, 15) is 9.59 Å². The van der Waals surface area contributed by atoms with Gasteiger partial charge < -0.3 is 15.0 Å². The summed E-state index contributed by atoms with van der Waals surface area (Å²) in [7, 11) is 1.60. The number of benzene rings is 2. The number of anilines is 2. The number of rotatable bonds is 4. The molecule has 1 N–H and O–H groups in total. The molecule has 128 valence electrons. The number of fused-ring (bicyclic) bond motifs is 1. The van der Waals surface area contributed by atoms with Crippen LogP contribution in [0.3, 0.4) is 0 Å². The smallest absolute Gasteiger partial charge is 0.242 e. The summed E-state index contributed by atoms with van der Waals surface area (Å²) in [6, 6.07) is 15.0. The van der Waals surface area contributed by atoms with Crippen molar-refractivity contribution in [1.29, 1.82) is 0 Å². The van der Waals surface area contributed by atoms with E-state index in [1.165, 1.54) is 5.56 Å². The van der Waals surface area contributed by atoms with E-state index in [1.807, 2.05) is 24.3 Å². The van der Waals surface area contributed by atoms with Crippen LogP contribution in [-0.2, 0) is 16.0 Å². The molecular formula is C20H20N2O3. The lowest BCUT2D eigenvalue weighted by molar-refractivity contribution is -0.132. The predicted octanol–water partition coefficient (Wildman–Crippen LogP) is 3.00. The predicted molar refractivity (Wildman–Crippen MR) is 95.8 cm³/mol. The first-order chi connectivity index (χ1) is 12.1. The zero-order valence-corrected chi connectivity index (χ0v) is 14.1. The van der Waals surface area contributed by atoms with Crippen LogP contribution in [0.25, 0.3) is 0 Å². The number of hydrogen-bond acceptors (Lipinski definition) is 3. The molecule has 1 aliphatic heterocycles. The van der Waals surface area contributed by atoms with Gasteiger partial charge in [-0.05, 0) is 55.2 Å². The fourth-order valence-corrected chi connectivity index (χ4v) is 3.40. The standard InChI is InChI=1S/C20H20N2O3/c1-25-16-8-6-15(7-9-16)21-18(23)20(11-12-20)19(24)22-13-10-14-4-2-3-5-17(14)22/h2-9H,10-13H2,1H3,(H,21,23). The monoisotopic (exact) mass is 336 g/mol. The van der Waals surface area contributed by atoms with Gasteiger partial charge in [0.1, 0.15) is 11.2 Å². The summed E-state index contributed by atoms with van der Waals surface area (Å²) in [5.41, 5.74) is 1.86. The maximum atomic E-state index is 13.1. The highest BCUT2D eigenvalue weighted by atomic mass is 16.5. The van der Waals surface area contributed by atoms with Gasteiger partial charge in [0.2, 0.25) is 11.8 Å². The SMILES string of the molecule is COc1ccc(NC(=O)C2(C(=O)N3CCc4ccccc43)CC2)cc1. The Morgan fingerprint density at radius 1 is 1.08 bits per heavy atom. The van der Waals surface area contributed by atoms with Crippen molar-refractivity contribution in [2.24, 2.45) is 5.41 Å². The van der Waals surface area contributed by atoms with Crippen molar-refractivity contribution in [2.75, 3.05) is 23.9 Å². The van der Waals surface area contributed by atoms with Crippen LogP contribution in [0.1, 0.15) is 18.4 Å². The first kappa shape index (κ1) is 15.7. The number of nitrogens with one attached hydrogen (secondary N) is 1. The number of carbonyl (C=O) groups is 2. The molecule has 4 rings (SSSR count). The number of nitrogens with zero attached hydrogens (tertiary/aromatic N) is 1. The van der Waals surface area contributed by atoms with E-state index >= 15 is 0 Å². The highest BCUT2D eigenvalue weighted by Crippen LogP contribution is 2.49. The maximum Gasteiger partial charge on any atom is 0.242 e. The molecule has 1 heterocycles. The topological polar surface area (TPSA) is 58.6 Å². The summed E-state index contributed by atoms with van der Waals surface area (Å²) in [6.07, 6.45) is 2.05. The van der Waals surface area contributed by atoms with E-state index in [2.05, 4.69) is 5.32 Å². The van der Waals surface area contributed by atoms with Crippen LogP contribution < -0.4 is 15.0 Å². The number of carbonyl (C=O) groups excluding carboxylic acids is 2. The number of methoxy groups -OCH3 is 1. The fourth-order valence-electron chi connectivity index (χ4n) is 3.40. The summed E-state index contributed by atoms with van der Waals surface area (Å²) < 4.78 is 5.12. The van der Waals surface area contributed by atoms with Crippen molar-refractivity contribution >= 4 is 23.2 Å². The average Bonchev–Trinajstić information content (AvgIpc) is 3.35. The molecule has 1 aliphatic carbocycles. The Balaban J connectivity index is 1.51. The highest BCUT2D eigenvalue weighted by molar-refractivity contribution is 6.18. The number of hydrogen-bond donors (Lipinski definition) is 1. The molecule has 1 fully saturated rings. The van der Waals surface area contributed by atoms with Crippen LogP contribution >= 0.6 is 0 Å². The van der Waals surface area contributed by atoms with Crippen LogP contribution in [0.5, 0.6) is 5.75 Å². The largest absolute Gasteiger partial charge is 0.497 e. The Bertz CT molecular complexity index is 825. The minimum absolute atomic E-state index is 0.0801. The van der Waals surface area contributed by atoms with Gasteiger partial charge in [-0.3, -0.25) is 9.59 Å². The van der Waals surface area contributed by atoms with E-state index in [4.69, 9.17) is 4.74 Å². The van der Waals surface area contributed by atoms with E-state index in [-0.39, 0.29) is 11.8 Å². The minimum atomic E-state index is -0.919. The first-order valence-corrected chi connectivity index (χ1v) is 8.49. The van der Waals surface area contributed by atoms with E-state index < -0.39 is 5.41 Å². The second-order valence-corrected chi connectivity index (χ2v) is 6.60. The third kappa shape index (κ3) is 2.65. The third-order valence-corrected chi connectivity index (χ3v) is 5.07. The van der Waals surface area contributed by atoms with Crippen LogP contribution in [0.15, 0.2) is 48.5 Å². The van der Waals surface area contributed by atoms with Crippen molar-refractivity contribution in [1.82, 2.24) is 0 Å². The van der Waals surface area contributed by atoms with E-state index in [0.717, 1.165) is 17.9 Å². The van der Waals surface area contributed by atoms with Crippen LogP contribution in [0.4, 0.5) is 11.4 Å². The zero-order valence-electron chi connectivity index (χ0n) is 14.1. The Morgan fingerprint density at radius 3 is 2.48 bits per heavy atom. The summed E-state index contributed by atoms with van der Waals surface area (Å²) in [4.78, 5) is 27.6. The molecule has 0 aromatic heterocycles. The van der Waals surface area contributed by atoms with Gasteiger partial charge in [0.15, 0.2) is 0 Å². The Morgan fingerprint density at radius 2 is 1.80 bits per heavy atom. The van der Waals surface area contributed by atoms with Crippen LogP contribution in [0, 0.1) is 5.41 Å². The van der Waals surface area contributed by atoms with Gasteiger partial charge >= 0.3 is 0 Å². The number of amides is 2. The van der Waals surface area contributed by atoms with E-state index in [0.29, 0.717) is 25.1 Å². The maximum absolute atomic E-state index is 13.1. The summed E-state index contributed by atoms with van der Waals surface area (Å²) >= 11 is 0. The molecule has 2 aromatic carbocycles. The van der Waals surface area contributed by atoms with Gasteiger partial charge in [-0.15, -0.1) is 0 Å². The zero-order chi connectivity index (χ0) is 17.4.